The van der Waals surface area contributed by atoms with Gasteiger partial charge in [-0.25, -0.2) is 8.78 Å². The second-order valence-electron chi connectivity index (χ2n) is 2.71. The summed E-state index contributed by atoms with van der Waals surface area (Å²) in [5.41, 5.74) is 0.407. The Morgan fingerprint density at radius 1 is 1.31 bits per heavy atom. The van der Waals surface area contributed by atoms with Crippen molar-refractivity contribution in [1.82, 2.24) is 5.32 Å². The number of halogens is 2. The normalized spacial score (nSPS) is 12.2. The predicted molar refractivity (Wildman–Crippen MR) is 44.0 cm³/mol. The number of carbonyl (C=O) groups excluding carboxylic acids is 1. The number of carbonyl (C=O) groups is 1. The third kappa shape index (κ3) is 2.50. The van der Waals surface area contributed by atoms with Crippen molar-refractivity contribution in [1.29, 1.82) is 0 Å². The zero-order valence-electron chi connectivity index (χ0n) is 7.05. The highest BCUT2D eigenvalue weighted by molar-refractivity contribution is 5.47. The summed E-state index contributed by atoms with van der Waals surface area (Å²) in [6, 6.07) is 2.77. The molecule has 1 amide bonds. The molecule has 0 radical (unpaired) electrons. The summed E-state index contributed by atoms with van der Waals surface area (Å²) in [4.78, 5) is 10.1. The number of nitrogens with one attached hydrogen (secondary N) is 1. The molecule has 0 bridgehead atoms. The molecule has 0 aliphatic carbocycles. The summed E-state index contributed by atoms with van der Waals surface area (Å²) in [7, 11) is 0. The molecular weight excluding hydrogens is 176 g/mol. The summed E-state index contributed by atoms with van der Waals surface area (Å²) in [5, 5.41) is 2.40. The van der Waals surface area contributed by atoms with E-state index in [1.165, 1.54) is 12.1 Å². The molecule has 0 aromatic heterocycles. The number of hydrogen-bond donors (Lipinski definition) is 1. The van der Waals surface area contributed by atoms with Gasteiger partial charge in [0.05, 0.1) is 6.04 Å². The van der Waals surface area contributed by atoms with Crippen LogP contribution in [0.3, 0.4) is 0 Å². The first-order valence-corrected chi connectivity index (χ1v) is 3.79. The molecule has 0 saturated heterocycles. The second kappa shape index (κ2) is 3.98. The molecule has 13 heavy (non-hydrogen) atoms. The SMILES string of the molecule is CC(NC=O)c1cc(F)cc(F)c1. The van der Waals surface area contributed by atoms with E-state index in [9.17, 15) is 13.6 Å². The van der Waals surface area contributed by atoms with E-state index in [0.29, 0.717) is 12.0 Å². The Balaban J connectivity index is 2.93. The van der Waals surface area contributed by atoms with Gasteiger partial charge in [-0.1, -0.05) is 0 Å². The Morgan fingerprint density at radius 2 is 1.85 bits per heavy atom. The average Bonchev–Trinajstić information content (AvgIpc) is 2.03. The van der Waals surface area contributed by atoms with E-state index in [-0.39, 0.29) is 6.04 Å². The number of amides is 1. The van der Waals surface area contributed by atoms with E-state index in [0.717, 1.165) is 6.07 Å². The van der Waals surface area contributed by atoms with Crippen molar-refractivity contribution in [3.8, 4) is 0 Å². The summed E-state index contributed by atoms with van der Waals surface area (Å²) in [6.45, 7) is 1.64. The molecule has 0 saturated carbocycles. The van der Waals surface area contributed by atoms with Crippen LogP contribution in [-0.2, 0) is 4.79 Å². The molecule has 1 aromatic carbocycles. The topological polar surface area (TPSA) is 29.1 Å². The van der Waals surface area contributed by atoms with Crippen LogP contribution in [0.1, 0.15) is 18.5 Å². The third-order valence-corrected chi connectivity index (χ3v) is 1.70. The van der Waals surface area contributed by atoms with Gasteiger partial charge in [-0.15, -0.1) is 0 Å². The number of rotatable bonds is 3. The molecule has 1 rings (SSSR count). The Kier molecular flexibility index (Phi) is 2.95. The number of hydrogen-bond acceptors (Lipinski definition) is 1. The van der Waals surface area contributed by atoms with Crippen LogP contribution in [0, 0.1) is 11.6 Å². The van der Waals surface area contributed by atoms with Crippen LogP contribution in [0.15, 0.2) is 18.2 Å². The van der Waals surface area contributed by atoms with Gasteiger partial charge in [0.1, 0.15) is 11.6 Å². The van der Waals surface area contributed by atoms with Crippen molar-refractivity contribution < 1.29 is 13.6 Å². The van der Waals surface area contributed by atoms with Crippen molar-refractivity contribution in [2.24, 2.45) is 0 Å². The smallest absolute Gasteiger partial charge is 0.207 e. The lowest BCUT2D eigenvalue weighted by Crippen LogP contribution is -2.16. The van der Waals surface area contributed by atoms with Gasteiger partial charge >= 0.3 is 0 Å². The predicted octanol–water partition coefficient (Wildman–Crippen LogP) is 1.77. The van der Waals surface area contributed by atoms with Gasteiger partial charge in [-0.05, 0) is 24.6 Å². The van der Waals surface area contributed by atoms with E-state index in [4.69, 9.17) is 0 Å². The highest BCUT2D eigenvalue weighted by atomic mass is 19.1. The zero-order chi connectivity index (χ0) is 9.84. The minimum Gasteiger partial charge on any atom is -0.352 e. The standard InChI is InChI=1S/C9H9F2NO/c1-6(12-5-13)7-2-8(10)4-9(11)3-7/h2-6H,1H3,(H,12,13). The molecule has 0 heterocycles. The molecule has 2 nitrogen and oxygen atoms in total. The van der Waals surface area contributed by atoms with Crippen molar-refractivity contribution in [2.75, 3.05) is 0 Å². The lowest BCUT2D eigenvalue weighted by Gasteiger charge is -2.10. The lowest BCUT2D eigenvalue weighted by molar-refractivity contribution is -0.110. The molecule has 0 fully saturated rings. The lowest BCUT2D eigenvalue weighted by atomic mass is 10.1. The Bertz CT molecular complexity index is 294. The summed E-state index contributed by atoms with van der Waals surface area (Å²) in [6.07, 6.45) is 0.494. The van der Waals surface area contributed by atoms with Crippen LogP contribution in [0.25, 0.3) is 0 Å². The van der Waals surface area contributed by atoms with Crippen molar-refractivity contribution in [3.05, 3.63) is 35.4 Å². The van der Waals surface area contributed by atoms with Gasteiger partial charge in [-0.2, -0.15) is 0 Å². The first-order valence-electron chi connectivity index (χ1n) is 3.79. The van der Waals surface area contributed by atoms with Crippen LogP contribution >= 0.6 is 0 Å². The average molecular weight is 185 g/mol. The van der Waals surface area contributed by atoms with E-state index in [1.54, 1.807) is 6.92 Å². The molecule has 4 heteroatoms. The summed E-state index contributed by atoms with van der Waals surface area (Å²) >= 11 is 0. The molecule has 1 atom stereocenters. The fourth-order valence-corrected chi connectivity index (χ4v) is 1.02. The number of benzene rings is 1. The zero-order valence-corrected chi connectivity index (χ0v) is 7.05. The minimum atomic E-state index is -0.644. The third-order valence-electron chi connectivity index (χ3n) is 1.70. The van der Waals surface area contributed by atoms with E-state index in [1.807, 2.05) is 0 Å². The maximum absolute atomic E-state index is 12.7. The highest BCUT2D eigenvalue weighted by Crippen LogP contribution is 2.14. The maximum atomic E-state index is 12.7. The first-order chi connectivity index (χ1) is 6.13. The molecule has 1 unspecified atom stereocenters. The van der Waals surface area contributed by atoms with Crippen molar-refractivity contribution in [2.45, 2.75) is 13.0 Å². The van der Waals surface area contributed by atoms with Gasteiger partial charge < -0.3 is 5.32 Å². The van der Waals surface area contributed by atoms with E-state index in [2.05, 4.69) is 5.32 Å². The molecule has 70 valence electrons. The summed E-state index contributed by atoms with van der Waals surface area (Å²) < 4.78 is 25.3. The second-order valence-corrected chi connectivity index (χ2v) is 2.71. The molecule has 1 N–H and O–H groups in total. The molecule has 0 aliphatic rings. The van der Waals surface area contributed by atoms with Crippen molar-refractivity contribution >= 4 is 6.41 Å². The van der Waals surface area contributed by atoms with Crippen LogP contribution in [0.4, 0.5) is 8.78 Å². The van der Waals surface area contributed by atoms with Crippen LogP contribution in [-0.4, -0.2) is 6.41 Å². The largest absolute Gasteiger partial charge is 0.352 e. The Morgan fingerprint density at radius 3 is 2.31 bits per heavy atom. The fourth-order valence-electron chi connectivity index (χ4n) is 1.02. The molecule has 1 aromatic rings. The van der Waals surface area contributed by atoms with Gasteiger partial charge in [0, 0.05) is 6.07 Å². The van der Waals surface area contributed by atoms with E-state index >= 15 is 0 Å². The molecular formula is C9H9F2NO. The van der Waals surface area contributed by atoms with Crippen LogP contribution in [0.2, 0.25) is 0 Å². The highest BCUT2D eigenvalue weighted by Gasteiger charge is 2.06. The Labute approximate surface area is 74.6 Å². The van der Waals surface area contributed by atoms with Crippen LogP contribution < -0.4 is 5.32 Å². The minimum absolute atomic E-state index is 0.386. The van der Waals surface area contributed by atoms with Gasteiger partial charge in [-0.3, -0.25) is 4.79 Å². The first kappa shape index (κ1) is 9.64. The Hall–Kier alpha value is -1.45. The molecule has 0 spiro atoms. The van der Waals surface area contributed by atoms with E-state index < -0.39 is 11.6 Å². The quantitative estimate of drug-likeness (QED) is 0.714. The van der Waals surface area contributed by atoms with Gasteiger partial charge in [0.2, 0.25) is 6.41 Å². The fraction of sp³-hybridized carbons (Fsp3) is 0.222. The molecule has 0 aliphatic heterocycles. The van der Waals surface area contributed by atoms with Crippen molar-refractivity contribution in [3.63, 3.8) is 0 Å². The summed E-state index contributed by atoms with van der Waals surface area (Å²) in [5.74, 6) is -1.29. The monoisotopic (exact) mass is 185 g/mol. The van der Waals surface area contributed by atoms with Gasteiger partial charge in [0.25, 0.3) is 0 Å². The maximum Gasteiger partial charge on any atom is 0.207 e. The van der Waals surface area contributed by atoms with Crippen LogP contribution in [0.5, 0.6) is 0 Å². The van der Waals surface area contributed by atoms with Gasteiger partial charge in [0.15, 0.2) is 0 Å².